The topological polar surface area (TPSA) is 84.0 Å². The Kier molecular flexibility index (Phi) is 7.21. The van der Waals surface area contributed by atoms with Gasteiger partial charge in [0.05, 0.1) is 23.9 Å². The fourth-order valence-corrected chi connectivity index (χ4v) is 3.34. The summed E-state index contributed by atoms with van der Waals surface area (Å²) in [6.45, 7) is 8.88. The Morgan fingerprint density at radius 1 is 1.23 bits per heavy atom. The molecule has 0 aliphatic carbocycles. The van der Waals surface area contributed by atoms with E-state index in [1.54, 1.807) is 6.92 Å². The van der Waals surface area contributed by atoms with Gasteiger partial charge in [-0.2, -0.15) is 0 Å². The molecule has 0 bridgehead atoms. The van der Waals surface area contributed by atoms with Crippen molar-refractivity contribution >= 4 is 12.0 Å². The average Bonchev–Trinajstić information content (AvgIpc) is 2.62. The molecule has 2 atom stereocenters. The Labute approximate surface area is 155 Å². The number of carbonyl (C=O) groups excluding carboxylic acids is 2. The summed E-state index contributed by atoms with van der Waals surface area (Å²) < 4.78 is 5.22. The molecule has 0 saturated carbocycles. The second kappa shape index (κ2) is 9.38. The van der Waals surface area contributed by atoms with Crippen molar-refractivity contribution < 1.29 is 19.6 Å². The summed E-state index contributed by atoms with van der Waals surface area (Å²) >= 11 is 0. The van der Waals surface area contributed by atoms with E-state index in [4.69, 9.17) is 4.74 Å². The number of rotatable bonds is 8. The van der Waals surface area contributed by atoms with Gasteiger partial charge < -0.3 is 20.7 Å². The number of hydrogen-bond donors (Lipinski definition) is 3. The molecule has 0 saturated heterocycles. The predicted octanol–water partition coefficient (Wildman–Crippen LogP) is 1.86. The molecule has 0 fully saturated rings. The van der Waals surface area contributed by atoms with Crippen LogP contribution >= 0.6 is 0 Å². The normalized spacial score (nSPS) is 18.3. The van der Waals surface area contributed by atoms with E-state index >= 15 is 0 Å². The van der Waals surface area contributed by atoms with Crippen molar-refractivity contribution in [2.45, 2.75) is 46.2 Å². The number of urea groups is 1. The second-order valence-electron chi connectivity index (χ2n) is 6.79. The highest BCUT2D eigenvalue weighted by atomic mass is 16.5. The number of amides is 2. The van der Waals surface area contributed by atoms with Crippen LogP contribution in [0.1, 0.15) is 45.7 Å². The van der Waals surface area contributed by atoms with Crippen molar-refractivity contribution in [3.05, 3.63) is 47.2 Å². The molecule has 0 aromatic heterocycles. The van der Waals surface area contributed by atoms with Gasteiger partial charge in [-0.25, -0.2) is 9.59 Å². The van der Waals surface area contributed by atoms with Crippen molar-refractivity contribution in [3.8, 4) is 0 Å². The lowest BCUT2D eigenvalue weighted by Crippen LogP contribution is -2.87. The van der Waals surface area contributed by atoms with Crippen LogP contribution in [-0.2, 0) is 9.53 Å². The molecular weight excluding hydrogens is 330 g/mol. The van der Waals surface area contributed by atoms with Crippen molar-refractivity contribution in [1.29, 1.82) is 0 Å². The Balaban J connectivity index is 2.26. The maximum Gasteiger partial charge on any atom is 0.338 e. The Hall–Kier alpha value is -2.34. The smallest absolute Gasteiger partial charge is 0.338 e. The number of quaternary nitrogens is 1. The summed E-state index contributed by atoms with van der Waals surface area (Å²) in [4.78, 5) is 24.4. The highest BCUT2D eigenvalue weighted by molar-refractivity contribution is 5.94. The molecule has 6 heteroatoms. The van der Waals surface area contributed by atoms with Crippen molar-refractivity contribution in [2.24, 2.45) is 5.92 Å². The van der Waals surface area contributed by atoms with Gasteiger partial charge in [0, 0.05) is 11.5 Å². The van der Waals surface area contributed by atoms with Crippen LogP contribution in [0.4, 0.5) is 4.79 Å². The molecule has 1 heterocycles. The van der Waals surface area contributed by atoms with Gasteiger partial charge in [0.1, 0.15) is 12.6 Å². The summed E-state index contributed by atoms with van der Waals surface area (Å²) in [5.74, 6) is 0.0412. The number of ether oxygens (including phenoxy) is 1. The monoisotopic (exact) mass is 360 g/mol. The zero-order chi connectivity index (χ0) is 19.1. The van der Waals surface area contributed by atoms with E-state index in [1.807, 2.05) is 25.1 Å². The first-order valence-electron chi connectivity index (χ1n) is 9.33. The summed E-state index contributed by atoms with van der Waals surface area (Å²) in [5, 5.41) is 7.79. The molecule has 0 unspecified atom stereocenters. The van der Waals surface area contributed by atoms with Gasteiger partial charge in [-0.05, 0) is 13.3 Å². The quantitative estimate of drug-likeness (QED) is 0.619. The number of nitrogens with two attached hydrogens (primary N) is 1. The number of benzene rings is 1. The maximum absolute atomic E-state index is 12.4. The van der Waals surface area contributed by atoms with Gasteiger partial charge in [0.2, 0.25) is 0 Å². The first-order chi connectivity index (χ1) is 12.5. The minimum absolute atomic E-state index is 0.235. The van der Waals surface area contributed by atoms with Crippen LogP contribution in [0.15, 0.2) is 41.6 Å². The van der Waals surface area contributed by atoms with Gasteiger partial charge >= 0.3 is 12.0 Å². The molecular formula is C20H30N3O3+. The zero-order valence-corrected chi connectivity index (χ0v) is 16.0. The van der Waals surface area contributed by atoms with Crippen LogP contribution in [0.3, 0.4) is 0 Å². The lowest BCUT2D eigenvalue weighted by atomic mass is 9.95. The molecule has 4 N–H and O–H groups in total. The average molecular weight is 360 g/mol. The van der Waals surface area contributed by atoms with Gasteiger partial charge in [0.15, 0.2) is 0 Å². The molecule has 142 valence electrons. The predicted molar refractivity (Wildman–Crippen MR) is 100 cm³/mol. The molecule has 1 aromatic rings. The first-order valence-corrected chi connectivity index (χ1v) is 9.33. The molecule has 0 spiro atoms. The molecule has 1 aromatic carbocycles. The molecule has 2 rings (SSSR count). The van der Waals surface area contributed by atoms with Crippen molar-refractivity contribution in [1.82, 2.24) is 10.6 Å². The SMILES string of the molecule is CCOC(=O)C1=C(C[NH2+][C@H](c2ccccc2)C(C)C)NC(=O)N[C@H]1CC. The van der Waals surface area contributed by atoms with Crippen LogP contribution in [0.2, 0.25) is 0 Å². The van der Waals surface area contributed by atoms with E-state index in [-0.39, 0.29) is 24.1 Å². The second-order valence-corrected chi connectivity index (χ2v) is 6.79. The lowest BCUT2D eigenvalue weighted by molar-refractivity contribution is -0.696. The van der Waals surface area contributed by atoms with E-state index in [2.05, 4.69) is 41.9 Å². The van der Waals surface area contributed by atoms with Crippen LogP contribution in [0.5, 0.6) is 0 Å². The third-order valence-corrected chi connectivity index (χ3v) is 4.63. The van der Waals surface area contributed by atoms with E-state index < -0.39 is 0 Å². The number of carbonyl (C=O) groups is 2. The first kappa shape index (κ1) is 20.0. The fourth-order valence-electron chi connectivity index (χ4n) is 3.34. The van der Waals surface area contributed by atoms with Crippen molar-refractivity contribution in [2.75, 3.05) is 13.2 Å². The standard InChI is InChI=1S/C20H29N3O3/c1-5-15-17(19(24)26-6-2)16(23-20(25)22-15)12-21-18(13(3)4)14-10-8-7-9-11-14/h7-11,13,15,18,21H,5-6,12H2,1-4H3,(H2,22,23,25)/p+1/t15-,18-/m0/s1. The highest BCUT2D eigenvalue weighted by Gasteiger charge is 2.33. The zero-order valence-electron chi connectivity index (χ0n) is 16.0. The van der Waals surface area contributed by atoms with Gasteiger partial charge in [0.25, 0.3) is 0 Å². The fraction of sp³-hybridized carbons (Fsp3) is 0.500. The van der Waals surface area contributed by atoms with Crippen LogP contribution in [-0.4, -0.2) is 31.2 Å². The minimum Gasteiger partial charge on any atom is -0.463 e. The number of hydrogen-bond acceptors (Lipinski definition) is 3. The highest BCUT2D eigenvalue weighted by Crippen LogP contribution is 2.19. The lowest BCUT2D eigenvalue weighted by Gasteiger charge is -2.29. The molecule has 1 aliphatic rings. The summed E-state index contributed by atoms with van der Waals surface area (Å²) in [5.41, 5.74) is 2.40. The number of nitrogens with one attached hydrogen (secondary N) is 2. The van der Waals surface area contributed by atoms with Crippen LogP contribution < -0.4 is 16.0 Å². The van der Waals surface area contributed by atoms with Crippen LogP contribution in [0.25, 0.3) is 0 Å². The van der Waals surface area contributed by atoms with Gasteiger partial charge in [-0.3, -0.25) is 0 Å². The van der Waals surface area contributed by atoms with E-state index in [0.717, 1.165) is 0 Å². The van der Waals surface area contributed by atoms with Crippen molar-refractivity contribution in [3.63, 3.8) is 0 Å². The molecule has 26 heavy (non-hydrogen) atoms. The third-order valence-electron chi connectivity index (χ3n) is 4.63. The summed E-state index contributed by atoms with van der Waals surface area (Å²) in [6, 6.07) is 9.92. The number of esters is 1. The largest absolute Gasteiger partial charge is 0.463 e. The molecule has 0 radical (unpaired) electrons. The van der Waals surface area contributed by atoms with Crippen LogP contribution in [0, 0.1) is 5.92 Å². The maximum atomic E-state index is 12.4. The molecule has 2 amide bonds. The van der Waals surface area contributed by atoms with E-state index in [1.165, 1.54) is 5.56 Å². The Bertz CT molecular complexity index is 656. The summed E-state index contributed by atoms with van der Waals surface area (Å²) in [7, 11) is 0. The minimum atomic E-state index is -0.365. The Morgan fingerprint density at radius 2 is 1.92 bits per heavy atom. The van der Waals surface area contributed by atoms with Gasteiger partial charge in [-0.15, -0.1) is 0 Å². The van der Waals surface area contributed by atoms with E-state index in [0.29, 0.717) is 36.8 Å². The van der Waals surface area contributed by atoms with Gasteiger partial charge in [-0.1, -0.05) is 51.1 Å². The molecule has 6 nitrogen and oxygen atoms in total. The summed E-state index contributed by atoms with van der Waals surface area (Å²) in [6.07, 6.45) is 0.636. The van der Waals surface area contributed by atoms with E-state index in [9.17, 15) is 9.59 Å². The third kappa shape index (κ3) is 4.85. The Morgan fingerprint density at radius 3 is 2.50 bits per heavy atom. The molecule has 1 aliphatic heterocycles.